The summed E-state index contributed by atoms with van der Waals surface area (Å²) in [6, 6.07) is 14.9. The van der Waals surface area contributed by atoms with E-state index in [1.54, 1.807) is 0 Å². The highest BCUT2D eigenvalue weighted by Gasteiger charge is 2.45. The van der Waals surface area contributed by atoms with Gasteiger partial charge in [-0.2, -0.15) is 0 Å². The molecule has 4 nitrogen and oxygen atoms in total. The summed E-state index contributed by atoms with van der Waals surface area (Å²) in [4.78, 5) is 0. The molecule has 2 atom stereocenters. The van der Waals surface area contributed by atoms with Crippen LogP contribution in [0.5, 0.6) is 5.75 Å². The molecule has 0 aromatic heterocycles. The van der Waals surface area contributed by atoms with Crippen molar-refractivity contribution in [1.82, 2.24) is 0 Å². The first-order chi connectivity index (χ1) is 17.0. The molecule has 35 heavy (non-hydrogen) atoms. The normalized spacial score (nSPS) is 22.1. The molecule has 1 heterocycles. The molecule has 0 saturated heterocycles. The number of rotatable bonds is 10. The molecule has 4 heteroatoms. The van der Waals surface area contributed by atoms with Crippen molar-refractivity contribution in [2.24, 2.45) is 5.92 Å². The fraction of sp³-hybridized carbons (Fsp3) is 0.548. The van der Waals surface area contributed by atoms with Crippen molar-refractivity contribution in [1.29, 1.82) is 0 Å². The Morgan fingerprint density at radius 1 is 1.06 bits per heavy atom. The van der Waals surface area contributed by atoms with Crippen LogP contribution in [0, 0.1) is 12.8 Å². The monoisotopic (exact) mass is 477 g/mol. The zero-order valence-electron chi connectivity index (χ0n) is 22.0. The minimum atomic E-state index is -0.486. The first-order valence-corrected chi connectivity index (χ1v) is 13.4. The molecule has 1 saturated carbocycles. The van der Waals surface area contributed by atoms with Gasteiger partial charge >= 0.3 is 0 Å². The molecule has 1 aliphatic carbocycles. The Balaban J connectivity index is 1.53. The van der Waals surface area contributed by atoms with Gasteiger partial charge in [0.1, 0.15) is 23.6 Å². The predicted molar refractivity (Wildman–Crippen MR) is 144 cm³/mol. The second-order valence-electron chi connectivity index (χ2n) is 10.6. The molecule has 1 N–H and O–H groups in total. The highest BCUT2D eigenvalue weighted by molar-refractivity contribution is 5.54. The number of allylic oxidation sites excluding steroid dienone is 1. The van der Waals surface area contributed by atoms with Gasteiger partial charge in [-0.3, -0.25) is 0 Å². The van der Waals surface area contributed by atoms with E-state index in [1.165, 1.54) is 43.2 Å². The first kappa shape index (κ1) is 25.8. The Kier molecular flexibility index (Phi) is 8.91. The molecule has 190 valence electrons. The Morgan fingerprint density at radius 2 is 1.86 bits per heavy atom. The summed E-state index contributed by atoms with van der Waals surface area (Å²) >= 11 is 0. The van der Waals surface area contributed by atoms with Crippen LogP contribution in [-0.2, 0) is 16.0 Å². The van der Waals surface area contributed by atoms with Gasteiger partial charge in [0.25, 0.3) is 0 Å². The molecule has 0 radical (unpaired) electrons. The lowest BCUT2D eigenvalue weighted by Crippen LogP contribution is -2.51. The van der Waals surface area contributed by atoms with Crippen LogP contribution in [0.1, 0.15) is 82.1 Å². The summed E-state index contributed by atoms with van der Waals surface area (Å²) in [7, 11) is 0. The molecule has 0 spiro atoms. The maximum Gasteiger partial charge on any atom is 0.132 e. The van der Waals surface area contributed by atoms with Gasteiger partial charge in [-0.25, -0.2) is 0 Å². The highest BCUT2D eigenvalue weighted by Crippen LogP contribution is 2.44. The van der Waals surface area contributed by atoms with Crippen molar-refractivity contribution in [3.05, 3.63) is 71.3 Å². The molecule has 4 rings (SSSR count). The quantitative estimate of drug-likeness (QED) is 0.355. The van der Waals surface area contributed by atoms with E-state index < -0.39 is 5.60 Å². The SMILES string of the molecule is CC=CCOC1C(OCCC2CCCCC2)c2cc(NCc3ccccc3C)ccc2OC1(C)C. The van der Waals surface area contributed by atoms with Crippen LogP contribution in [0.15, 0.2) is 54.6 Å². The van der Waals surface area contributed by atoms with Crippen molar-refractivity contribution in [2.75, 3.05) is 18.5 Å². The lowest BCUT2D eigenvalue weighted by atomic mass is 9.86. The van der Waals surface area contributed by atoms with Crippen LogP contribution in [-0.4, -0.2) is 24.9 Å². The summed E-state index contributed by atoms with van der Waals surface area (Å²) < 4.78 is 19.5. The summed E-state index contributed by atoms with van der Waals surface area (Å²) in [5, 5.41) is 3.61. The Hall–Kier alpha value is -2.30. The largest absolute Gasteiger partial charge is 0.485 e. The molecular formula is C31H43NO3. The molecule has 2 aromatic carbocycles. The van der Waals surface area contributed by atoms with Gasteiger partial charge in [0.2, 0.25) is 0 Å². The second-order valence-corrected chi connectivity index (χ2v) is 10.6. The van der Waals surface area contributed by atoms with Gasteiger partial charge in [0, 0.05) is 24.4 Å². The lowest BCUT2D eigenvalue weighted by Gasteiger charge is -2.44. The Morgan fingerprint density at radius 3 is 2.63 bits per heavy atom. The third kappa shape index (κ3) is 6.68. The lowest BCUT2D eigenvalue weighted by molar-refractivity contribution is -0.158. The van der Waals surface area contributed by atoms with Crippen molar-refractivity contribution in [3.63, 3.8) is 0 Å². The van der Waals surface area contributed by atoms with Crippen LogP contribution >= 0.6 is 0 Å². The number of hydrogen-bond acceptors (Lipinski definition) is 4. The van der Waals surface area contributed by atoms with Crippen molar-refractivity contribution in [3.8, 4) is 5.75 Å². The molecule has 2 aliphatic rings. The highest BCUT2D eigenvalue weighted by atomic mass is 16.6. The predicted octanol–water partition coefficient (Wildman–Crippen LogP) is 7.77. The van der Waals surface area contributed by atoms with Crippen LogP contribution in [0.4, 0.5) is 5.69 Å². The van der Waals surface area contributed by atoms with E-state index in [9.17, 15) is 0 Å². The van der Waals surface area contributed by atoms with E-state index in [4.69, 9.17) is 14.2 Å². The van der Waals surface area contributed by atoms with Gasteiger partial charge in [0.05, 0.1) is 6.61 Å². The van der Waals surface area contributed by atoms with E-state index in [1.807, 2.05) is 19.1 Å². The number of fused-ring (bicyclic) bond motifs is 1. The number of hydrogen-bond donors (Lipinski definition) is 1. The zero-order chi connectivity index (χ0) is 24.7. The fourth-order valence-electron chi connectivity index (χ4n) is 5.41. The van der Waals surface area contributed by atoms with E-state index in [0.717, 1.165) is 42.5 Å². The van der Waals surface area contributed by atoms with Crippen LogP contribution < -0.4 is 10.1 Å². The van der Waals surface area contributed by atoms with E-state index in [-0.39, 0.29) is 12.2 Å². The molecule has 0 bridgehead atoms. The van der Waals surface area contributed by atoms with Crippen molar-refractivity contribution >= 4 is 5.69 Å². The standard InChI is InChI=1S/C31H43NO3/c1-5-6-19-34-30-29(33-20-18-24-13-8-7-9-14-24)27-21-26(16-17-28(27)35-31(30,3)4)32-22-25-15-11-10-12-23(25)2/h5-6,10-12,15-17,21,24,29-30,32H,7-9,13-14,18-20,22H2,1-4H3. The smallest absolute Gasteiger partial charge is 0.132 e. The van der Waals surface area contributed by atoms with Gasteiger partial charge in [-0.1, -0.05) is 68.5 Å². The zero-order valence-corrected chi connectivity index (χ0v) is 22.0. The average Bonchev–Trinajstić information content (AvgIpc) is 2.85. The van der Waals surface area contributed by atoms with Gasteiger partial charge < -0.3 is 19.5 Å². The Labute approximate surface area is 212 Å². The molecular weight excluding hydrogens is 434 g/mol. The first-order valence-electron chi connectivity index (χ1n) is 13.4. The summed E-state index contributed by atoms with van der Waals surface area (Å²) in [5.74, 6) is 1.69. The van der Waals surface area contributed by atoms with Crippen LogP contribution in [0.25, 0.3) is 0 Å². The third-order valence-corrected chi connectivity index (χ3v) is 7.55. The van der Waals surface area contributed by atoms with Crippen LogP contribution in [0.2, 0.25) is 0 Å². The second kappa shape index (κ2) is 12.1. The summed E-state index contributed by atoms with van der Waals surface area (Å²) in [6.45, 7) is 10.5. The maximum absolute atomic E-state index is 6.67. The molecule has 2 aromatic rings. The minimum Gasteiger partial charge on any atom is -0.485 e. The molecule has 2 unspecified atom stereocenters. The molecule has 0 amide bonds. The number of ether oxygens (including phenoxy) is 3. The van der Waals surface area contributed by atoms with Gasteiger partial charge in [-0.05, 0) is 69.4 Å². The minimum absolute atomic E-state index is 0.164. The van der Waals surface area contributed by atoms with E-state index >= 15 is 0 Å². The van der Waals surface area contributed by atoms with Crippen molar-refractivity contribution in [2.45, 2.75) is 90.6 Å². The maximum atomic E-state index is 6.67. The van der Waals surface area contributed by atoms with Gasteiger partial charge in [-0.15, -0.1) is 0 Å². The van der Waals surface area contributed by atoms with Crippen LogP contribution in [0.3, 0.4) is 0 Å². The topological polar surface area (TPSA) is 39.7 Å². The number of anilines is 1. The van der Waals surface area contributed by atoms with Gasteiger partial charge in [0.15, 0.2) is 0 Å². The van der Waals surface area contributed by atoms with E-state index in [0.29, 0.717) is 6.61 Å². The average molecular weight is 478 g/mol. The third-order valence-electron chi connectivity index (χ3n) is 7.55. The fourth-order valence-corrected chi connectivity index (χ4v) is 5.41. The molecule has 1 fully saturated rings. The number of nitrogens with one attached hydrogen (secondary N) is 1. The van der Waals surface area contributed by atoms with Crippen molar-refractivity contribution < 1.29 is 14.2 Å². The number of aryl methyl sites for hydroxylation is 1. The summed E-state index contributed by atoms with van der Waals surface area (Å²) in [6.07, 6.45) is 11.6. The van der Waals surface area contributed by atoms with E-state index in [2.05, 4.69) is 68.6 Å². The summed E-state index contributed by atoms with van der Waals surface area (Å²) in [5.41, 5.74) is 4.26. The Bertz CT molecular complexity index is 977. The number of benzene rings is 2. The molecule has 1 aliphatic heterocycles.